The van der Waals surface area contributed by atoms with E-state index < -0.39 is 0 Å². The Morgan fingerprint density at radius 2 is 1.90 bits per heavy atom. The maximum Gasteiger partial charge on any atom is 0.261 e. The summed E-state index contributed by atoms with van der Waals surface area (Å²) in [5.74, 6) is 0.846. The summed E-state index contributed by atoms with van der Waals surface area (Å²) in [5, 5.41) is 2.91. The van der Waals surface area contributed by atoms with Crippen LogP contribution in [0.1, 0.15) is 66.9 Å². The normalized spacial score (nSPS) is 19.8. The Balaban J connectivity index is 1.60. The van der Waals surface area contributed by atoms with Gasteiger partial charge in [0.2, 0.25) is 0 Å². The number of hydrogen-bond donors (Lipinski definition) is 2. The number of hydrogen-bond acceptors (Lipinski definition) is 2. The first kappa shape index (κ1) is 13.4. The van der Waals surface area contributed by atoms with Crippen molar-refractivity contribution in [2.45, 2.75) is 50.9 Å². The maximum atomic E-state index is 12.1. The van der Waals surface area contributed by atoms with Crippen molar-refractivity contribution in [3.8, 4) is 0 Å². The average molecular weight is 274 g/mol. The summed E-state index contributed by atoms with van der Waals surface area (Å²) < 4.78 is 0. The number of rotatable bonds is 4. The Labute approximate surface area is 119 Å². The predicted molar refractivity (Wildman–Crippen MR) is 77.9 cm³/mol. The van der Waals surface area contributed by atoms with E-state index in [0.717, 1.165) is 18.5 Å². The van der Waals surface area contributed by atoms with E-state index in [4.69, 9.17) is 0 Å². The van der Waals surface area contributed by atoms with Crippen molar-refractivity contribution in [3.05, 3.63) is 33.7 Å². The lowest BCUT2D eigenvalue weighted by molar-refractivity contribution is 0.0942. The molecule has 0 saturated heterocycles. The molecule has 0 bridgehead atoms. The molecule has 2 aliphatic rings. The Morgan fingerprint density at radius 1 is 1.15 bits per heavy atom. The molecule has 2 N–H and O–H groups in total. The van der Waals surface area contributed by atoms with E-state index in [0.29, 0.717) is 18.4 Å². The molecule has 1 heterocycles. The third-order valence-electron chi connectivity index (χ3n) is 4.47. The number of amides is 1. The fourth-order valence-electron chi connectivity index (χ4n) is 3.02. The van der Waals surface area contributed by atoms with Gasteiger partial charge in [0.15, 0.2) is 0 Å². The number of H-pyrrole nitrogens is 1. The predicted octanol–water partition coefficient (Wildman–Crippen LogP) is 2.56. The minimum Gasteiger partial charge on any atom is -0.352 e. The molecule has 0 atom stereocenters. The van der Waals surface area contributed by atoms with Crippen LogP contribution in [-0.4, -0.2) is 17.4 Å². The molecule has 4 heteroatoms. The van der Waals surface area contributed by atoms with Crippen LogP contribution < -0.4 is 10.9 Å². The van der Waals surface area contributed by atoms with Crippen LogP contribution in [0.4, 0.5) is 0 Å². The van der Waals surface area contributed by atoms with E-state index in [2.05, 4.69) is 10.3 Å². The summed E-state index contributed by atoms with van der Waals surface area (Å²) in [7, 11) is 0. The SMILES string of the molecule is O=C(NCC1CCCCC1)c1ccc(C2CC2)[nH]c1=O. The van der Waals surface area contributed by atoms with E-state index in [9.17, 15) is 9.59 Å². The lowest BCUT2D eigenvalue weighted by Crippen LogP contribution is -2.34. The Morgan fingerprint density at radius 3 is 2.55 bits per heavy atom. The number of nitrogens with one attached hydrogen (secondary N) is 2. The van der Waals surface area contributed by atoms with Gasteiger partial charge in [-0.05, 0) is 49.7 Å². The molecule has 20 heavy (non-hydrogen) atoms. The number of aromatic amines is 1. The summed E-state index contributed by atoms with van der Waals surface area (Å²) in [5.41, 5.74) is 0.958. The number of aromatic nitrogens is 1. The highest BCUT2D eigenvalue weighted by molar-refractivity contribution is 5.93. The Hall–Kier alpha value is -1.58. The van der Waals surface area contributed by atoms with Crippen molar-refractivity contribution < 1.29 is 4.79 Å². The minimum absolute atomic E-state index is 0.237. The van der Waals surface area contributed by atoms with Gasteiger partial charge in [-0.1, -0.05) is 19.3 Å². The highest BCUT2D eigenvalue weighted by Gasteiger charge is 2.25. The van der Waals surface area contributed by atoms with Gasteiger partial charge in [0.1, 0.15) is 5.56 Å². The quantitative estimate of drug-likeness (QED) is 0.886. The zero-order chi connectivity index (χ0) is 13.9. The molecule has 0 aromatic carbocycles. The Kier molecular flexibility index (Phi) is 3.90. The molecule has 2 fully saturated rings. The lowest BCUT2D eigenvalue weighted by Gasteiger charge is -2.21. The second kappa shape index (κ2) is 5.81. The summed E-state index contributed by atoms with van der Waals surface area (Å²) in [4.78, 5) is 26.9. The first-order valence-corrected chi connectivity index (χ1v) is 7.75. The molecular formula is C16H22N2O2. The molecule has 1 amide bonds. The third-order valence-corrected chi connectivity index (χ3v) is 4.47. The van der Waals surface area contributed by atoms with Gasteiger partial charge >= 0.3 is 0 Å². The van der Waals surface area contributed by atoms with E-state index in [1.165, 1.54) is 32.1 Å². The molecule has 108 valence electrons. The molecule has 0 radical (unpaired) electrons. The number of carbonyl (C=O) groups excluding carboxylic acids is 1. The highest BCUT2D eigenvalue weighted by atomic mass is 16.2. The Bertz CT molecular complexity index is 540. The van der Waals surface area contributed by atoms with Crippen molar-refractivity contribution in [3.63, 3.8) is 0 Å². The van der Waals surface area contributed by atoms with Crippen LogP contribution in [0.25, 0.3) is 0 Å². The van der Waals surface area contributed by atoms with Gasteiger partial charge in [0.05, 0.1) is 0 Å². The van der Waals surface area contributed by atoms with Crippen LogP contribution in [0, 0.1) is 5.92 Å². The third kappa shape index (κ3) is 3.11. The lowest BCUT2D eigenvalue weighted by atomic mass is 9.89. The topological polar surface area (TPSA) is 62.0 Å². The van der Waals surface area contributed by atoms with Gasteiger partial charge in [0.25, 0.3) is 11.5 Å². The molecule has 2 aliphatic carbocycles. The van der Waals surface area contributed by atoms with Gasteiger partial charge in [-0.2, -0.15) is 0 Å². The first-order chi connectivity index (χ1) is 9.74. The molecule has 0 aliphatic heterocycles. The number of carbonyl (C=O) groups is 1. The molecule has 2 saturated carbocycles. The van der Waals surface area contributed by atoms with Crippen molar-refractivity contribution in [2.24, 2.45) is 5.92 Å². The van der Waals surface area contributed by atoms with Crippen LogP contribution in [0.2, 0.25) is 0 Å². The van der Waals surface area contributed by atoms with E-state index in [-0.39, 0.29) is 17.0 Å². The summed E-state index contributed by atoms with van der Waals surface area (Å²) >= 11 is 0. The highest BCUT2D eigenvalue weighted by Crippen LogP contribution is 2.38. The van der Waals surface area contributed by atoms with E-state index in [1.54, 1.807) is 6.07 Å². The molecular weight excluding hydrogens is 252 g/mol. The largest absolute Gasteiger partial charge is 0.352 e. The molecule has 1 aromatic rings. The number of pyridine rings is 1. The fourth-order valence-corrected chi connectivity index (χ4v) is 3.02. The standard InChI is InChI=1S/C16H22N2O2/c19-15(17-10-11-4-2-1-3-5-11)13-8-9-14(12-6-7-12)18-16(13)20/h8-9,11-12H,1-7,10H2,(H,17,19)(H,18,20). The second-order valence-corrected chi connectivity index (χ2v) is 6.14. The van der Waals surface area contributed by atoms with Crippen molar-refractivity contribution in [1.29, 1.82) is 0 Å². The van der Waals surface area contributed by atoms with Crippen molar-refractivity contribution >= 4 is 5.91 Å². The van der Waals surface area contributed by atoms with Crippen LogP contribution in [0.15, 0.2) is 16.9 Å². The smallest absolute Gasteiger partial charge is 0.261 e. The van der Waals surface area contributed by atoms with E-state index >= 15 is 0 Å². The van der Waals surface area contributed by atoms with Crippen LogP contribution >= 0.6 is 0 Å². The van der Waals surface area contributed by atoms with Gasteiger partial charge in [0, 0.05) is 12.2 Å². The summed E-state index contributed by atoms with van der Waals surface area (Å²) in [6, 6.07) is 3.55. The van der Waals surface area contributed by atoms with Gasteiger partial charge < -0.3 is 10.3 Å². The van der Waals surface area contributed by atoms with Gasteiger partial charge in [-0.15, -0.1) is 0 Å². The molecule has 3 rings (SSSR count). The molecule has 4 nitrogen and oxygen atoms in total. The van der Waals surface area contributed by atoms with Crippen LogP contribution in [0.5, 0.6) is 0 Å². The average Bonchev–Trinajstić information content (AvgIpc) is 3.30. The maximum absolute atomic E-state index is 12.1. The monoisotopic (exact) mass is 274 g/mol. The van der Waals surface area contributed by atoms with Gasteiger partial charge in [-0.3, -0.25) is 9.59 Å². The fraction of sp³-hybridized carbons (Fsp3) is 0.625. The van der Waals surface area contributed by atoms with Crippen molar-refractivity contribution in [2.75, 3.05) is 6.54 Å². The minimum atomic E-state index is -0.254. The second-order valence-electron chi connectivity index (χ2n) is 6.14. The van der Waals surface area contributed by atoms with Crippen molar-refractivity contribution in [1.82, 2.24) is 10.3 Å². The molecule has 1 aromatic heterocycles. The summed E-state index contributed by atoms with van der Waals surface area (Å²) in [6.07, 6.45) is 8.50. The summed E-state index contributed by atoms with van der Waals surface area (Å²) in [6.45, 7) is 0.697. The van der Waals surface area contributed by atoms with Crippen LogP contribution in [-0.2, 0) is 0 Å². The zero-order valence-corrected chi connectivity index (χ0v) is 11.8. The molecule has 0 unspecified atom stereocenters. The molecule has 0 spiro atoms. The van der Waals surface area contributed by atoms with E-state index in [1.807, 2.05) is 6.07 Å². The zero-order valence-electron chi connectivity index (χ0n) is 11.8. The van der Waals surface area contributed by atoms with Crippen LogP contribution in [0.3, 0.4) is 0 Å². The van der Waals surface area contributed by atoms with Gasteiger partial charge in [-0.25, -0.2) is 0 Å². The first-order valence-electron chi connectivity index (χ1n) is 7.75.